The summed E-state index contributed by atoms with van der Waals surface area (Å²) in [7, 11) is 3.30. The van der Waals surface area contributed by atoms with Crippen LogP contribution in [-0.4, -0.2) is 35.4 Å². The number of anilines is 1. The molecule has 134 valence electrons. The predicted molar refractivity (Wildman–Crippen MR) is 100 cm³/mol. The maximum atomic E-state index is 12.5. The van der Waals surface area contributed by atoms with Crippen LogP contribution < -0.4 is 15.0 Å². The fraction of sp³-hybridized carbons (Fsp3) is 0.211. The molecule has 0 radical (unpaired) electrons. The monoisotopic (exact) mass is 351 g/mol. The Kier molecular flexibility index (Phi) is 5.17. The molecule has 26 heavy (non-hydrogen) atoms. The number of H-pyrrole nitrogens is 1. The van der Waals surface area contributed by atoms with Gasteiger partial charge in [-0.05, 0) is 36.8 Å². The van der Waals surface area contributed by atoms with E-state index in [9.17, 15) is 4.79 Å². The van der Waals surface area contributed by atoms with E-state index in [-0.39, 0.29) is 12.1 Å². The first-order valence-corrected chi connectivity index (χ1v) is 8.22. The van der Waals surface area contributed by atoms with Gasteiger partial charge in [0.25, 0.3) is 0 Å². The highest BCUT2D eigenvalue weighted by Crippen LogP contribution is 2.22. The smallest absolute Gasteiger partial charge is 0.323 e. The van der Waals surface area contributed by atoms with Crippen LogP contribution in [0.25, 0.3) is 11.3 Å². The van der Waals surface area contributed by atoms with Gasteiger partial charge in [-0.2, -0.15) is 5.10 Å². The van der Waals surface area contributed by atoms with Gasteiger partial charge in [-0.15, -0.1) is 0 Å². The van der Waals surface area contributed by atoms with E-state index >= 15 is 0 Å². The Balaban J connectivity index is 1.69. The van der Waals surface area contributed by atoms with Crippen LogP contribution in [0.5, 0.6) is 5.75 Å². The maximum Gasteiger partial charge on any atom is 0.323 e. The molecule has 2 aromatic heterocycles. The second kappa shape index (κ2) is 7.69. The Labute approximate surface area is 152 Å². The number of urea groups is 1. The SMILES string of the molecule is COc1cccc([C@@H](C)NC(=O)N(C)c2cc(-c3ccncc3)[nH]n2)c1. The number of hydrogen-bond acceptors (Lipinski definition) is 4. The van der Waals surface area contributed by atoms with E-state index < -0.39 is 0 Å². The molecular formula is C19H21N5O2. The minimum Gasteiger partial charge on any atom is -0.497 e. The number of rotatable bonds is 5. The van der Waals surface area contributed by atoms with Gasteiger partial charge in [-0.1, -0.05) is 12.1 Å². The number of carbonyl (C=O) groups excluding carboxylic acids is 1. The van der Waals surface area contributed by atoms with E-state index in [1.165, 1.54) is 4.90 Å². The highest BCUT2D eigenvalue weighted by atomic mass is 16.5. The lowest BCUT2D eigenvalue weighted by Gasteiger charge is -2.20. The summed E-state index contributed by atoms with van der Waals surface area (Å²) >= 11 is 0. The lowest BCUT2D eigenvalue weighted by molar-refractivity contribution is 0.244. The Morgan fingerprint density at radius 3 is 2.73 bits per heavy atom. The van der Waals surface area contributed by atoms with Gasteiger partial charge in [0.1, 0.15) is 5.75 Å². The average molecular weight is 351 g/mol. The van der Waals surface area contributed by atoms with Crippen molar-refractivity contribution in [1.82, 2.24) is 20.5 Å². The number of ether oxygens (including phenoxy) is 1. The van der Waals surface area contributed by atoms with E-state index in [1.807, 2.05) is 49.4 Å². The minimum atomic E-state index is -0.243. The maximum absolute atomic E-state index is 12.5. The summed E-state index contributed by atoms with van der Waals surface area (Å²) in [5.41, 5.74) is 2.74. The molecule has 0 aliphatic rings. The molecule has 2 N–H and O–H groups in total. The van der Waals surface area contributed by atoms with Gasteiger partial charge in [-0.25, -0.2) is 4.79 Å². The fourth-order valence-corrected chi connectivity index (χ4v) is 2.54. The highest BCUT2D eigenvalue weighted by Gasteiger charge is 2.17. The van der Waals surface area contributed by atoms with Crippen LogP contribution in [0.1, 0.15) is 18.5 Å². The van der Waals surface area contributed by atoms with Gasteiger partial charge in [-0.3, -0.25) is 15.0 Å². The summed E-state index contributed by atoms with van der Waals surface area (Å²) in [6, 6.07) is 12.8. The molecule has 0 aliphatic heterocycles. The topological polar surface area (TPSA) is 83.1 Å². The molecule has 1 aromatic carbocycles. The number of hydrogen-bond donors (Lipinski definition) is 2. The Morgan fingerprint density at radius 1 is 1.23 bits per heavy atom. The van der Waals surface area contributed by atoms with Crippen LogP contribution in [0.4, 0.5) is 10.6 Å². The van der Waals surface area contributed by atoms with E-state index in [4.69, 9.17) is 4.74 Å². The zero-order chi connectivity index (χ0) is 18.5. The first-order valence-electron chi connectivity index (χ1n) is 8.22. The van der Waals surface area contributed by atoms with Gasteiger partial charge in [0.15, 0.2) is 5.82 Å². The van der Waals surface area contributed by atoms with E-state index in [1.54, 1.807) is 26.6 Å². The summed E-state index contributed by atoms with van der Waals surface area (Å²) in [6.07, 6.45) is 3.42. The molecule has 2 amide bonds. The molecule has 3 rings (SSSR count). The van der Waals surface area contributed by atoms with Crippen molar-refractivity contribution < 1.29 is 9.53 Å². The Hall–Kier alpha value is -3.35. The zero-order valence-corrected chi connectivity index (χ0v) is 14.9. The van der Waals surface area contributed by atoms with Crippen LogP contribution in [0, 0.1) is 0 Å². The normalized spacial score (nSPS) is 11.7. The summed E-state index contributed by atoms with van der Waals surface area (Å²) < 4.78 is 5.23. The standard InChI is InChI=1S/C19H21N5O2/c1-13(15-5-4-6-16(11-15)26-3)21-19(25)24(2)18-12-17(22-23-18)14-7-9-20-10-8-14/h4-13H,1-3H3,(H,21,25)(H,22,23)/t13-/m1/s1. The molecule has 0 unspecified atom stereocenters. The number of carbonyl (C=O) groups is 1. The highest BCUT2D eigenvalue weighted by molar-refractivity contribution is 5.91. The van der Waals surface area contributed by atoms with E-state index in [2.05, 4.69) is 20.5 Å². The molecule has 7 heteroatoms. The molecule has 0 bridgehead atoms. The van der Waals surface area contributed by atoms with Gasteiger partial charge in [0, 0.05) is 31.1 Å². The third kappa shape index (κ3) is 3.83. The number of nitrogens with one attached hydrogen (secondary N) is 2. The molecule has 2 heterocycles. The quantitative estimate of drug-likeness (QED) is 0.738. The fourth-order valence-electron chi connectivity index (χ4n) is 2.54. The first-order chi connectivity index (χ1) is 12.6. The molecule has 3 aromatic rings. The van der Waals surface area contributed by atoms with Crippen molar-refractivity contribution in [2.45, 2.75) is 13.0 Å². The summed E-state index contributed by atoms with van der Waals surface area (Å²) in [6.45, 7) is 1.92. The largest absolute Gasteiger partial charge is 0.497 e. The van der Waals surface area contributed by atoms with Crippen molar-refractivity contribution in [3.05, 3.63) is 60.4 Å². The lowest BCUT2D eigenvalue weighted by atomic mass is 10.1. The van der Waals surface area contributed by atoms with Gasteiger partial charge in [0.2, 0.25) is 0 Å². The lowest BCUT2D eigenvalue weighted by Crippen LogP contribution is -2.38. The summed E-state index contributed by atoms with van der Waals surface area (Å²) in [5, 5.41) is 10.1. The number of aromatic amines is 1. The Morgan fingerprint density at radius 2 is 2.00 bits per heavy atom. The molecule has 7 nitrogen and oxygen atoms in total. The number of pyridine rings is 1. The molecule has 0 aliphatic carbocycles. The number of aromatic nitrogens is 3. The predicted octanol–water partition coefficient (Wildman–Crippen LogP) is 3.39. The van der Waals surface area contributed by atoms with Gasteiger partial charge >= 0.3 is 6.03 Å². The van der Waals surface area contributed by atoms with E-state index in [0.717, 1.165) is 22.6 Å². The molecule has 0 saturated heterocycles. The van der Waals surface area contributed by atoms with Crippen molar-refractivity contribution >= 4 is 11.8 Å². The molecule has 0 fully saturated rings. The number of methoxy groups -OCH3 is 1. The first kappa shape index (κ1) is 17.5. The van der Waals surface area contributed by atoms with Crippen LogP contribution in [0.2, 0.25) is 0 Å². The average Bonchev–Trinajstić information content (AvgIpc) is 3.18. The molecular weight excluding hydrogens is 330 g/mol. The van der Waals surface area contributed by atoms with Crippen LogP contribution in [0.3, 0.4) is 0 Å². The molecule has 0 saturated carbocycles. The Bertz CT molecular complexity index is 878. The van der Waals surface area contributed by atoms with Crippen LogP contribution >= 0.6 is 0 Å². The third-order valence-electron chi connectivity index (χ3n) is 4.14. The van der Waals surface area contributed by atoms with Gasteiger partial charge in [0.05, 0.1) is 18.8 Å². The summed E-state index contributed by atoms with van der Waals surface area (Å²) in [5.74, 6) is 1.29. The van der Waals surface area contributed by atoms with E-state index in [0.29, 0.717) is 5.82 Å². The molecule has 1 atom stereocenters. The number of amides is 2. The van der Waals surface area contributed by atoms with Crippen molar-refractivity contribution in [3.8, 4) is 17.0 Å². The second-order valence-electron chi connectivity index (χ2n) is 5.88. The third-order valence-corrected chi connectivity index (χ3v) is 4.14. The molecule has 0 spiro atoms. The van der Waals surface area contributed by atoms with Gasteiger partial charge < -0.3 is 10.1 Å². The van der Waals surface area contributed by atoms with Crippen molar-refractivity contribution in [2.75, 3.05) is 19.1 Å². The van der Waals surface area contributed by atoms with Crippen LogP contribution in [-0.2, 0) is 0 Å². The van der Waals surface area contributed by atoms with Crippen LogP contribution in [0.15, 0.2) is 54.9 Å². The van der Waals surface area contributed by atoms with Crippen molar-refractivity contribution in [3.63, 3.8) is 0 Å². The van der Waals surface area contributed by atoms with Crippen molar-refractivity contribution in [2.24, 2.45) is 0 Å². The second-order valence-corrected chi connectivity index (χ2v) is 5.88. The number of benzene rings is 1. The number of nitrogens with zero attached hydrogens (tertiary/aromatic N) is 3. The van der Waals surface area contributed by atoms with Crippen molar-refractivity contribution in [1.29, 1.82) is 0 Å². The summed E-state index contributed by atoms with van der Waals surface area (Å²) in [4.78, 5) is 18.0. The minimum absolute atomic E-state index is 0.168. The zero-order valence-electron chi connectivity index (χ0n) is 14.9.